The number of anilines is 5. The van der Waals surface area contributed by atoms with Crippen LogP contribution in [-0.2, 0) is 31.2 Å². The van der Waals surface area contributed by atoms with Crippen molar-refractivity contribution in [3.8, 4) is 0 Å². The lowest BCUT2D eigenvalue weighted by Crippen LogP contribution is -2.36. The molecule has 3 amide bonds. The molecule has 396 valence electrons. The van der Waals surface area contributed by atoms with E-state index in [1.165, 1.54) is 67.6 Å². The van der Waals surface area contributed by atoms with Gasteiger partial charge in [0.2, 0.25) is 0 Å². The molecule has 5 aliphatic heterocycles. The number of hydrogen-bond donors (Lipinski definition) is 6. The summed E-state index contributed by atoms with van der Waals surface area (Å²) in [5.74, 6) is -2.52. The quantitative estimate of drug-likeness (QED) is 0.0502. The fourth-order valence-corrected chi connectivity index (χ4v) is 11.6. The summed E-state index contributed by atoms with van der Waals surface area (Å²) >= 11 is 36.7. The summed E-state index contributed by atoms with van der Waals surface area (Å²) < 4.78 is 0. The summed E-state index contributed by atoms with van der Waals surface area (Å²) in [6.45, 7) is 4.07. The number of amides is 3. The van der Waals surface area contributed by atoms with Gasteiger partial charge in [-0.25, -0.2) is 0 Å². The maximum absolute atomic E-state index is 12.8. The van der Waals surface area contributed by atoms with E-state index in [2.05, 4.69) is 25.8 Å². The summed E-state index contributed by atoms with van der Waals surface area (Å²) in [4.78, 5) is 79.5. The van der Waals surface area contributed by atoms with E-state index in [9.17, 15) is 44.1 Å². The lowest BCUT2D eigenvalue weighted by Gasteiger charge is -2.21. The molecule has 77 heavy (non-hydrogen) atoms. The van der Waals surface area contributed by atoms with Crippen LogP contribution in [0.3, 0.4) is 0 Å². The van der Waals surface area contributed by atoms with Crippen molar-refractivity contribution < 1.29 is 44.1 Å². The van der Waals surface area contributed by atoms with Crippen LogP contribution in [-0.4, -0.2) is 76.6 Å². The maximum Gasteiger partial charge on any atom is 0.261 e. The Morgan fingerprint density at radius 1 is 0.429 bits per heavy atom. The van der Waals surface area contributed by atoms with Gasteiger partial charge in [-0.15, -0.1) is 0 Å². The van der Waals surface area contributed by atoms with Crippen LogP contribution >= 0.6 is 69.6 Å². The molecule has 6 aromatic carbocycles. The van der Waals surface area contributed by atoms with Crippen molar-refractivity contribution in [3.05, 3.63) is 178 Å². The molecule has 0 radical (unpaired) electrons. The molecule has 0 spiro atoms. The van der Waals surface area contributed by atoms with Crippen molar-refractivity contribution in [2.24, 2.45) is 0 Å². The Hall–Kier alpha value is -6.04. The Labute approximate surface area is 472 Å². The van der Waals surface area contributed by atoms with Crippen molar-refractivity contribution in [1.82, 2.24) is 0 Å². The van der Waals surface area contributed by atoms with E-state index in [0.717, 1.165) is 37.6 Å². The summed E-state index contributed by atoms with van der Waals surface area (Å²) in [6, 6.07) is 30.8. The molecule has 5 heterocycles. The number of nitrogens with one attached hydrogen (secondary N) is 3. The van der Waals surface area contributed by atoms with Crippen LogP contribution in [0.1, 0.15) is 104 Å². The fourth-order valence-electron chi connectivity index (χ4n) is 10.1. The van der Waals surface area contributed by atoms with Crippen LogP contribution in [0, 0.1) is 0 Å². The minimum Gasteiger partial charge on any atom is -0.375 e. The van der Waals surface area contributed by atoms with Gasteiger partial charge < -0.3 is 41.1 Å². The topological polar surface area (TPSA) is 205 Å². The molecular formula is C57H47Cl6N5O9. The predicted octanol–water partition coefficient (Wildman–Crippen LogP) is 11.5. The second-order valence-electron chi connectivity index (χ2n) is 19.8. The monoisotopic (exact) mass is 1160 g/mol. The summed E-state index contributed by atoms with van der Waals surface area (Å²) in [7, 11) is 0. The molecule has 0 aromatic heterocycles. The highest BCUT2D eigenvalue weighted by Crippen LogP contribution is 2.49. The average Bonchev–Trinajstić information content (AvgIpc) is 4.42. The second-order valence-corrected chi connectivity index (χ2v) is 22.2. The Morgan fingerprint density at radius 3 is 1.01 bits per heavy atom. The Balaban J connectivity index is 0.000000131. The van der Waals surface area contributed by atoms with Gasteiger partial charge in [0, 0.05) is 86.0 Å². The second kappa shape index (κ2) is 21.3. The standard InChI is InChI=1S/C20H18Cl2N2O3.C19H15Cl2NO3.C18H14Cl2N2O3/c21-14-7-8-15(22)18-17(14)20(27,19(26)23-18)11-16(25)12-3-5-13(6-4-12)24-9-1-2-10-24;20-13-7-8-14(21)17-16(13)19(25,18(24)22-17)9-15(23)12-5-3-11(4-6-12)10-1-2-10;19-12-5-6-13(20)16-15(12)18(25,17(24)21-16)9-14(23)10-1-3-11(4-2-10)22-7-8-22/h3-8,27H,1-2,9-11H2,(H,23,26);3-8,10,25H,1-2,9H2,(H,22,24);1-6,25H,7-9H2,(H,21,24). The highest BCUT2D eigenvalue weighted by molar-refractivity contribution is 6.40. The maximum atomic E-state index is 12.8. The van der Waals surface area contributed by atoms with Crippen molar-refractivity contribution >= 4 is 133 Å². The zero-order valence-electron chi connectivity index (χ0n) is 40.7. The first-order valence-corrected chi connectivity index (χ1v) is 26.9. The Bertz CT molecular complexity index is 3270. The van der Waals surface area contributed by atoms with Gasteiger partial charge in [-0.1, -0.05) is 93.9 Å². The molecule has 0 bridgehead atoms. The van der Waals surface area contributed by atoms with Gasteiger partial charge in [-0.05, 0) is 122 Å². The third-order valence-electron chi connectivity index (χ3n) is 14.6. The lowest BCUT2D eigenvalue weighted by atomic mass is 9.88. The number of Topliss-reactive ketones (excluding diaryl/α,β-unsaturated/α-hetero) is 3. The molecule has 3 atom stereocenters. The minimum atomic E-state index is -2.04. The first-order chi connectivity index (χ1) is 36.7. The molecule has 2 saturated heterocycles. The summed E-state index contributed by atoms with van der Waals surface area (Å²) in [6.07, 6.45) is 3.50. The minimum absolute atomic E-state index is 0.153. The van der Waals surface area contributed by atoms with Crippen molar-refractivity contribution in [2.45, 2.75) is 67.7 Å². The molecule has 14 nitrogen and oxygen atoms in total. The average molecular weight is 1160 g/mol. The van der Waals surface area contributed by atoms with E-state index >= 15 is 0 Å². The van der Waals surface area contributed by atoms with Crippen molar-refractivity contribution in [2.75, 3.05) is 51.9 Å². The molecular weight excluding hydrogens is 1110 g/mol. The zero-order chi connectivity index (χ0) is 54.7. The normalized spacial score (nSPS) is 21.4. The Kier molecular flexibility index (Phi) is 15.0. The molecule has 6 aromatic rings. The molecule has 6 aliphatic rings. The number of hydrogen-bond acceptors (Lipinski definition) is 11. The first-order valence-electron chi connectivity index (χ1n) is 24.7. The van der Waals surface area contributed by atoms with E-state index in [1.807, 2.05) is 36.4 Å². The predicted molar refractivity (Wildman–Crippen MR) is 299 cm³/mol. The summed E-state index contributed by atoms with van der Waals surface area (Å²) in [5.41, 5.74) is -0.192. The molecule has 3 unspecified atom stereocenters. The van der Waals surface area contributed by atoms with Gasteiger partial charge in [0.15, 0.2) is 34.2 Å². The first kappa shape index (κ1) is 54.3. The third-order valence-corrected chi connectivity index (χ3v) is 16.5. The van der Waals surface area contributed by atoms with Crippen LogP contribution in [0.2, 0.25) is 30.1 Å². The molecule has 1 saturated carbocycles. The molecule has 12 rings (SSSR count). The van der Waals surface area contributed by atoms with E-state index in [-0.39, 0.29) is 81.2 Å². The number of nitrogens with zero attached hydrogens (tertiary/aromatic N) is 2. The third kappa shape index (κ3) is 10.6. The highest BCUT2D eigenvalue weighted by atomic mass is 35.5. The van der Waals surface area contributed by atoms with Crippen LogP contribution in [0.4, 0.5) is 28.4 Å². The van der Waals surface area contributed by atoms with Gasteiger partial charge in [-0.3, -0.25) is 28.8 Å². The number of rotatable bonds is 12. The number of benzene rings is 6. The largest absolute Gasteiger partial charge is 0.375 e. The van der Waals surface area contributed by atoms with E-state index in [4.69, 9.17) is 69.6 Å². The molecule has 20 heteroatoms. The summed E-state index contributed by atoms with van der Waals surface area (Å²) in [5, 5.41) is 41.8. The van der Waals surface area contributed by atoms with Crippen LogP contribution in [0.5, 0.6) is 0 Å². The highest BCUT2D eigenvalue weighted by Gasteiger charge is 2.51. The Morgan fingerprint density at radius 2 is 0.714 bits per heavy atom. The lowest BCUT2D eigenvalue weighted by molar-refractivity contribution is -0.133. The van der Waals surface area contributed by atoms with Gasteiger partial charge in [0.1, 0.15) is 0 Å². The van der Waals surface area contributed by atoms with Gasteiger partial charge >= 0.3 is 0 Å². The van der Waals surface area contributed by atoms with Gasteiger partial charge in [0.25, 0.3) is 17.7 Å². The van der Waals surface area contributed by atoms with E-state index in [1.54, 1.807) is 36.4 Å². The van der Waals surface area contributed by atoms with Gasteiger partial charge in [0.05, 0.1) is 51.4 Å². The number of ketones is 3. The van der Waals surface area contributed by atoms with Crippen LogP contribution in [0.15, 0.2) is 109 Å². The number of carbonyl (C=O) groups is 6. The molecule has 3 fully saturated rings. The van der Waals surface area contributed by atoms with Crippen LogP contribution < -0.4 is 25.8 Å². The fraction of sp³-hybridized carbons (Fsp3) is 0.263. The molecule has 1 aliphatic carbocycles. The number of carbonyl (C=O) groups excluding carboxylic acids is 6. The van der Waals surface area contributed by atoms with Crippen molar-refractivity contribution in [3.63, 3.8) is 0 Å². The number of fused-ring (bicyclic) bond motifs is 3. The number of halogens is 6. The SMILES string of the molecule is O=C(CC1(O)C(=O)Nc2c(Cl)ccc(Cl)c21)c1ccc(C2CC2)cc1.O=C(CC1(O)C(=O)Nc2c(Cl)ccc(Cl)c21)c1ccc(N2CC2)cc1.O=C(CC1(O)C(=O)Nc2c(Cl)ccc(Cl)c21)c1ccc(N2CCCC2)cc1. The van der Waals surface area contributed by atoms with E-state index in [0.29, 0.717) is 22.6 Å². The zero-order valence-corrected chi connectivity index (χ0v) is 45.2. The number of aliphatic hydroxyl groups is 3. The van der Waals surface area contributed by atoms with Crippen LogP contribution in [0.25, 0.3) is 0 Å². The smallest absolute Gasteiger partial charge is 0.261 e. The van der Waals surface area contributed by atoms with E-state index < -0.39 is 53.8 Å². The van der Waals surface area contributed by atoms with Gasteiger partial charge in [-0.2, -0.15) is 0 Å². The molecule has 6 N–H and O–H groups in total. The van der Waals surface area contributed by atoms with Crippen molar-refractivity contribution in [1.29, 1.82) is 0 Å².